The van der Waals surface area contributed by atoms with Gasteiger partial charge in [-0.1, -0.05) is 18.2 Å². The molecule has 3 nitrogen and oxygen atoms in total. The molecule has 2 heterocycles. The third kappa shape index (κ3) is 1.99. The SMILES string of the molecule is C=CCN1C[C@H](CC#N)CC2c3cccc4[nH]cc(c34)C[C@H]21. The summed E-state index contributed by atoms with van der Waals surface area (Å²) in [7, 11) is 0. The number of fused-ring (bicyclic) bond motifs is 2. The minimum Gasteiger partial charge on any atom is -0.361 e. The lowest BCUT2D eigenvalue weighted by Gasteiger charge is -2.46. The second kappa shape index (κ2) is 5.30. The Morgan fingerprint density at radius 3 is 3.18 bits per heavy atom. The fourth-order valence-electron chi connectivity index (χ4n) is 4.55. The summed E-state index contributed by atoms with van der Waals surface area (Å²) in [6.45, 7) is 5.86. The van der Waals surface area contributed by atoms with E-state index in [1.54, 1.807) is 0 Å². The van der Waals surface area contributed by atoms with E-state index in [4.69, 9.17) is 5.26 Å². The number of benzene rings is 1. The van der Waals surface area contributed by atoms with Crippen molar-refractivity contribution in [1.29, 1.82) is 5.26 Å². The molecule has 1 unspecified atom stereocenters. The van der Waals surface area contributed by atoms with E-state index < -0.39 is 0 Å². The van der Waals surface area contributed by atoms with E-state index in [0.29, 0.717) is 24.3 Å². The molecular weight excluding hydrogens is 270 g/mol. The monoisotopic (exact) mass is 291 g/mol. The van der Waals surface area contributed by atoms with Gasteiger partial charge in [-0.3, -0.25) is 4.90 Å². The molecule has 0 saturated carbocycles. The molecule has 1 aromatic heterocycles. The summed E-state index contributed by atoms with van der Waals surface area (Å²) < 4.78 is 0. The Labute approximate surface area is 131 Å². The van der Waals surface area contributed by atoms with Crippen molar-refractivity contribution in [2.75, 3.05) is 13.1 Å². The average Bonchev–Trinajstić information content (AvgIpc) is 2.94. The van der Waals surface area contributed by atoms with E-state index in [1.165, 1.54) is 22.0 Å². The van der Waals surface area contributed by atoms with Crippen molar-refractivity contribution in [1.82, 2.24) is 9.88 Å². The lowest BCUT2D eigenvalue weighted by molar-refractivity contribution is 0.0982. The Morgan fingerprint density at radius 1 is 1.45 bits per heavy atom. The molecule has 112 valence electrons. The molecule has 0 bridgehead atoms. The van der Waals surface area contributed by atoms with Crippen LogP contribution in [0.5, 0.6) is 0 Å². The third-order valence-electron chi connectivity index (χ3n) is 5.41. The normalized spacial score (nSPS) is 27.3. The average molecular weight is 291 g/mol. The van der Waals surface area contributed by atoms with Gasteiger partial charge in [0.15, 0.2) is 0 Å². The molecule has 1 aliphatic carbocycles. The minimum atomic E-state index is 0.474. The topological polar surface area (TPSA) is 42.8 Å². The number of nitrogens with one attached hydrogen (secondary N) is 1. The molecule has 1 saturated heterocycles. The van der Waals surface area contributed by atoms with Crippen molar-refractivity contribution in [3.8, 4) is 6.07 Å². The van der Waals surface area contributed by atoms with E-state index in [9.17, 15) is 0 Å². The summed E-state index contributed by atoms with van der Waals surface area (Å²) in [6, 6.07) is 9.53. The molecule has 22 heavy (non-hydrogen) atoms. The fraction of sp³-hybridized carbons (Fsp3) is 0.421. The predicted octanol–water partition coefficient (Wildman–Crippen LogP) is 3.60. The van der Waals surface area contributed by atoms with Gasteiger partial charge in [0.25, 0.3) is 0 Å². The zero-order chi connectivity index (χ0) is 15.1. The molecule has 1 fully saturated rings. The highest BCUT2D eigenvalue weighted by atomic mass is 15.2. The Hall–Kier alpha value is -2.05. The molecule has 2 aliphatic rings. The largest absolute Gasteiger partial charge is 0.361 e. The van der Waals surface area contributed by atoms with Crippen molar-refractivity contribution >= 4 is 10.9 Å². The van der Waals surface area contributed by atoms with Crippen LogP contribution < -0.4 is 0 Å². The number of nitrogens with zero attached hydrogens (tertiary/aromatic N) is 2. The first-order valence-electron chi connectivity index (χ1n) is 8.12. The Kier molecular flexibility index (Phi) is 3.28. The van der Waals surface area contributed by atoms with Gasteiger partial charge in [-0.15, -0.1) is 6.58 Å². The standard InChI is InChI=1S/C19H21N3/c1-2-8-22-12-13(6-7-20)9-16-15-4-3-5-17-19(15)14(11-21-17)10-18(16)22/h2-5,11,13,16,18,21H,1,6,8-10,12H2/t13-,16?,18-/m1/s1. The lowest BCUT2D eigenvalue weighted by Crippen LogP contribution is -2.49. The van der Waals surface area contributed by atoms with Crippen LogP contribution in [0.1, 0.15) is 29.9 Å². The minimum absolute atomic E-state index is 0.474. The van der Waals surface area contributed by atoms with Crippen molar-refractivity contribution in [2.24, 2.45) is 5.92 Å². The van der Waals surface area contributed by atoms with Gasteiger partial charge in [0, 0.05) is 48.6 Å². The number of likely N-dealkylation sites (tertiary alicyclic amines) is 1. The highest BCUT2D eigenvalue weighted by Crippen LogP contribution is 2.45. The van der Waals surface area contributed by atoms with E-state index in [0.717, 1.165) is 25.9 Å². The summed E-state index contributed by atoms with van der Waals surface area (Å²) >= 11 is 0. The van der Waals surface area contributed by atoms with Gasteiger partial charge in [0.2, 0.25) is 0 Å². The molecule has 4 rings (SSSR count). The molecule has 1 aliphatic heterocycles. The van der Waals surface area contributed by atoms with Crippen LogP contribution in [-0.2, 0) is 6.42 Å². The first-order chi connectivity index (χ1) is 10.8. The van der Waals surface area contributed by atoms with Crippen LogP contribution in [0.15, 0.2) is 37.1 Å². The Morgan fingerprint density at radius 2 is 2.36 bits per heavy atom. The fourth-order valence-corrected chi connectivity index (χ4v) is 4.55. The molecular formula is C19H21N3. The van der Waals surface area contributed by atoms with Gasteiger partial charge in [-0.25, -0.2) is 0 Å². The van der Waals surface area contributed by atoms with Crippen LogP contribution in [0, 0.1) is 17.2 Å². The molecule has 1 N–H and O–H groups in total. The number of rotatable bonds is 3. The van der Waals surface area contributed by atoms with E-state index in [-0.39, 0.29) is 0 Å². The number of hydrogen-bond donors (Lipinski definition) is 1. The second-order valence-electron chi connectivity index (χ2n) is 6.67. The molecule has 0 amide bonds. The summed E-state index contributed by atoms with van der Waals surface area (Å²) in [4.78, 5) is 5.96. The number of H-pyrrole nitrogens is 1. The molecule has 1 aromatic carbocycles. The zero-order valence-corrected chi connectivity index (χ0v) is 12.8. The van der Waals surface area contributed by atoms with Crippen molar-refractivity contribution in [3.63, 3.8) is 0 Å². The first-order valence-corrected chi connectivity index (χ1v) is 8.12. The number of piperidine rings is 1. The number of nitriles is 1. The quantitative estimate of drug-likeness (QED) is 0.878. The van der Waals surface area contributed by atoms with Gasteiger partial charge >= 0.3 is 0 Å². The number of hydrogen-bond acceptors (Lipinski definition) is 2. The second-order valence-corrected chi connectivity index (χ2v) is 6.67. The van der Waals surface area contributed by atoms with Crippen LogP contribution in [-0.4, -0.2) is 29.0 Å². The number of aromatic amines is 1. The highest BCUT2D eigenvalue weighted by Gasteiger charge is 2.40. The maximum Gasteiger partial charge on any atom is 0.0625 e. The molecule has 3 heteroatoms. The maximum absolute atomic E-state index is 9.11. The van der Waals surface area contributed by atoms with Gasteiger partial charge in [0.1, 0.15) is 0 Å². The van der Waals surface area contributed by atoms with Crippen LogP contribution in [0.4, 0.5) is 0 Å². The predicted molar refractivity (Wildman–Crippen MR) is 88.6 cm³/mol. The molecule has 0 radical (unpaired) electrons. The van der Waals surface area contributed by atoms with Crippen molar-refractivity contribution < 1.29 is 0 Å². The third-order valence-corrected chi connectivity index (χ3v) is 5.41. The van der Waals surface area contributed by atoms with E-state index in [1.807, 2.05) is 6.08 Å². The van der Waals surface area contributed by atoms with Gasteiger partial charge in [-0.2, -0.15) is 5.26 Å². The van der Waals surface area contributed by atoms with Crippen LogP contribution >= 0.6 is 0 Å². The smallest absolute Gasteiger partial charge is 0.0625 e. The van der Waals surface area contributed by atoms with Crippen LogP contribution in [0.2, 0.25) is 0 Å². The Bertz CT molecular complexity index is 752. The van der Waals surface area contributed by atoms with Crippen LogP contribution in [0.25, 0.3) is 10.9 Å². The van der Waals surface area contributed by atoms with Crippen molar-refractivity contribution in [3.05, 3.63) is 48.2 Å². The van der Waals surface area contributed by atoms with Crippen molar-refractivity contribution in [2.45, 2.75) is 31.2 Å². The summed E-state index contributed by atoms with van der Waals surface area (Å²) in [5.74, 6) is 1.01. The summed E-state index contributed by atoms with van der Waals surface area (Å²) in [6.07, 6.45) is 7.08. The zero-order valence-electron chi connectivity index (χ0n) is 12.8. The van der Waals surface area contributed by atoms with Gasteiger partial charge < -0.3 is 4.98 Å². The van der Waals surface area contributed by atoms with E-state index in [2.05, 4.69) is 46.9 Å². The number of aromatic nitrogens is 1. The molecule has 0 spiro atoms. The lowest BCUT2D eigenvalue weighted by atomic mass is 9.72. The van der Waals surface area contributed by atoms with E-state index >= 15 is 0 Å². The summed E-state index contributed by atoms with van der Waals surface area (Å²) in [5.41, 5.74) is 4.17. The Balaban J connectivity index is 1.79. The van der Waals surface area contributed by atoms with Gasteiger partial charge in [-0.05, 0) is 36.0 Å². The van der Waals surface area contributed by atoms with Gasteiger partial charge in [0.05, 0.1) is 6.07 Å². The van der Waals surface area contributed by atoms with Crippen LogP contribution in [0.3, 0.4) is 0 Å². The molecule has 3 atom stereocenters. The molecule has 2 aromatic rings. The maximum atomic E-state index is 9.11. The first kappa shape index (κ1) is 13.6. The highest BCUT2D eigenvalue weighted by molar-refractivity contribution is 5.88. The summed E-state index contributed by atoms with van der Waals surface area (Å²) in [5, 5.41) is 10.5.